The van der Waals surface area contributed by atoms with E-state index in [-0.39, 0.29) is 17.8 Å². The van der Waals surface area contributed by atoms with Crippen LogP contribution >= 0.6 is 23.2 Å². The van der Waals surface area contributed by atoms with Crippen molar-refractivity contribution in [2.24, 2.45) is 0 Å². The Morgan fingerprint density at radius 2 is 1.96 bits per heavy atom. The fraction of sp³-hybridized carbons (Fsp3) is 0.176. The van der Waals surface area contributed by atoms with Crippen LogP contribution in [0.2, 0.25) is 10.0 Å². The molecule has 0 saturated heterocycles. The van der Waals surface area contributed by atoms with E-state index in [9.17, 15) is 19.7 Å². The smallest absolute Gasteiger partial charge is 0.310 e. The van der Waals surface area contributed by atoms with Crippen molar-refractivity contribution in [2.75, 3.05) is 11.9 Å². The summed E-state index contributed by atoms with van der Waals surface area (Å²) in [6, 6.07) is 9.08. The number of nitro benzene ring substituents is 1. The van der Waals surface area contributed by atoms with Gasteiger partial charge in [-0.15, -0.1) is 0 Å². The first kappa shape index (κ1) is 19.7. The van der Waals surface area contributed by atoms with Crippen molar-refractivity contribution in [3.05, 3.63) is 67.7 Å². The molecule has 26 heavy (non-hydrogen) atoms. The number of ether oxygens (including phenoxy) is 1. The fourth-order valence-corrected chi connectivity index (χ4v) is 2.64. The molecule has 0 aromatic heterocycles. The zero-order valence-corrected chi connectivity index (χ0v) is 15.1. The Bertz CT molecular complexity index is 870. The first-order chi connectivity index (χ1) is 12.3. The molecule has 2 rings (SSSR count). The molecule has 7 nitrogen and oxygen atoms in total. The SMILES string of the molecule is Cc1cccc([N+](=O)[O-])c1NC(=O)COC(=O)Cc1ccc(Cl)cc1Cl. The largest absolute Gasteiger partial charge is 0.455 e. The quantitative estimate of drug-likeness (QED) is 0.452. The van der Waals surface area contributed by atoms with E-state index in [0.29, 0.717) is 21.2 Å². The van der Waals surface area contributed by atoms with Crippen molar-refractivity contribution in [2.45, 2.75) is 13.3 Å². The van der Waals surface area contributed by atoms with Gasteiger partial charge in [0.1, 0.15) is 5.69 Å². The topological polar surface area (TPSA) is 98.5 Å². The number of carbonyl (C=O) groups is 2. The summed E-state index contributed by atoms with van der Waals surface area (Å²) in [6.45, 7) is 1.05. The molecule has 0 heterocycles. The second kappa shape index (κ2) is 8.64. The number of hydrogen-bond donors (Lipinski definition) is 1. The number of esters is 1. The summed E-state index contributed by atoms with van der Waals surface area (Å²) in [4.78, 5) is 34.2. The van der Waals surface area contributed by atoms with Gasteiger partial charge >= 0.3 is 5.97 Å². The van der Waals surface area contributed by atoms with Gasteiger partial charge < -0.3 is 10.1 Å². The van der Waals surface area contributed by atoms with E-state index in [1.54, 1.807) is 25.1 Å². The van der Waals surface area contributed by atoms with Gasteiger partial charge in [-0.05, 0) is 30.2 Å². The minimum atomic E-state index is -0.682. The van der Waals surface area contributed by atoms with Crippen LogP contribution in [0.25, 0.3) is 0 Å². The molecule has 0 aliphatic carbocycles. The van der Waals surface area contributed by atoms with Crippen LogP contribution in [0, 0.1) is 17.0 Å². The molecule has 1 N–H and O–H groups in total. The van der Waals surface area contributed by atoms with Crippen molar-refractivity contribution < 1.29 is 19.2 Å². The number of carbonyl (C=O) groups excluding carboxylic acids is 2. The molecule has 0 spiro atoms. The first-order valence-corrected chi connectivity index (χ1v) is 8.17. The van der Waals surface area contributed by atoms with Crippen LogP contribution in [0.5, 0.6) is 0 Å². The highest BCUT2D eigenvalue weighted by Crippen LogP contribution is 2.27. The number of halogens is 2. The maximum absolute atomic E-state index is 12.0. The normalized spacial score (nSPS) is 10.3. The van der Waals surface area contributed by atoms with Gasteiger partial charge in [0.15, 0.2) is 6.61 Å². The maximum atomic E-state index is 12.0. The molecule has 0 unspecified atom stereocenters. The summed E-state index contributed by atoms with van der Waals surface area (Å²) in [5.41, 5.74) is 0.861. The van der Waals surface area contributed by atoms with Gasteiger partial charge in [-0.25, -0.2) is 0 Å². The van der Waals surface area contributed by atoms with Crippen LogP contribution < -0.4 is 5.32 Å². The Balaban J connectivity index is 1.95. The Labute approximate surface area is 159 Å². The van der Waals surface area contributed by atoms with Crippen molar-refractivity contribution in [3.63, 3.8) is 0 Å². The molecule has 0 saturated carbocycles. The van der Waals surface area contributed by atoms with Crippen molar-refractivity contribution in [1.29, 1.82) is 0 Å². The number of amides is 1. The molecule has 2 aromatic carbocycles. The molecule has 0 aliphatic heterocycles. The first-order valence-electron chi connectivity index (χ1n) is 7.41. The third kappa shape index (κ3) is 5.18. The zero-order chi connectivity index (χ0) is 19.3. The summed E-state index contributed by atoms with van der Waals surface area (Å²) >= 11 is 11.8. The molecular weight excluding hydrogens is 383 g/mol. The number of hydrogen-bond acceptors (Lipinski definition) is 5. The number of nitro groups is 1. The molecule has 0 bridgehead atoms. The number of benzene rings is 2. The van der Waals surface area contributed by atoms with E-state index in [4.69, 9.17) is 27.9 Å². The molecular formula is C17H14Cl2N2O5. The fourth-order valence-electron chi connectivity index (χ4n) is 2.16. The van der Waals surface area contributed by atoms with Gasteiger partial charge in [0.2, 0.25) is 0 Å². The summed E-state index contributed by atoms with van der Waals surface area (Å²) in [5.74, 6) is -1.35. The summed E-state index contributed by atoms with van der Waals surface area (Å²) in [5, 5.41) is 14.2. The lowest BCUT2D eigenvalue weighted by Crippen LogP contribution is -2.22. The van der Waals surface area contributed by atoms with Gasteiger partial charge in [0.25, 0.3) is 11.6 Å². The monoisotopic (exact) mass is 396 g/mol. The second-order valence-corrected chi connectivity index (χ2v) is 6.19. The van der Waals surface area contributed by atoms with Crippen molar-refractivity contribution >= 4 is 46.5 Å². The minimum absolute atomic E-state index is 0.0688. The standard InChI is InChI=1S/C17H14Cl2N2O5/c1-10-3-2-4-14(21(24)25)17(10)20-15(22)9-26-16(23)7-11-5-6-12(18)8-13(11)19/h2-6,8H,7,9H2,1H3,(H,20,22). The summed E-state index contributed by atoms with van der Waals surface area (Å²) in [6.07, 6.45) is -0.131. The van der Waals surface area contributed by atoms with Crippen LogP contribution in [0.15, 0.2) is 36.4 Å². The average molecular weight is 397 g/mol. The van der Waals surface area contributed by atoms with Gasteiger partial charge in [-0.1, -0.05) is 41.4 Å². The summed E-state index contributed by atoms with van der Waals surface area (Å²) < 4.78 is 4.89. The van der Waals surface area contributed by atoms with Crippen molar-refractivity contribution in [1.82, 2.24) is 0 Å². The molecule has 0 radical (unpaired) electrons. The van der Waals surface area contributed by atoms with Gasteiger partial charge in [-0.3, -0.25) is 19.7 Å². The molecule has 0 atom stereocenters. The third-order valence-electron chi connectivity index (χ3n) is 3.43. The Morgan fingerprint density at radius 1 is 1.23 bits per heavy atom. The number of rotatable bonds is 6. The lowest BCUT2D eigenvalue weighted by Gasteiger charge is -2.10. The van der Waals surface area contributed by atoms with Crippen LogP contribution in [0.4, 0.5) is 11.4 Å². The molecule has 0 fully saturated rings. The molecule has 136 valence electrons. The van der Waals surface area contributed by atoms with E-state index in [1.807, 2.05) is 0 Å². The molecule has 0 aliphatic rings. The number of nitrogens with zero attached hydrogens (tertiary/aromatic N) is 1. The number of anilines is 1. The predicted octanol–water partition coefficient (Wildman–Crippen LogP) is 3.93. The van der Waals surface area contributed by atoms with E-state index in [0.717, 1.165) is 0 Å². The van der Waals surface area contributed by atoms with Gasteiger partial charge in [0.05, 0.1) is 11.3 Å². The minimum Gasteiger partial charge on any atom is -0.455 e. The Morgan fingerprint density at radius 3 is 2.62 bits per heavy atom. The lowest BCUT2D eigenvalue weighted by atomic mass is 10.1. The lowest BCUT2D eigenvalue weighted by molar-refractivity contribution is -0.384. The maximum Gasteiger partial charge on any atom is 0.310 e. The Hall–Kier alpha value is -2.64. The van der Waals surface area contributed by atoms with Crippen LogP contribution in [-0.2, 0) is 20.7 Å². The van der Waals surface area contributed by atoms with Crippen molar-refractivity contribution in [3.8, 4) is 0 Å². The molecule has 1 amide bonds. The van der Waals surface area contributed by atoms with Crippen LogP contribution in [0.1, 0.15) is 11.1 Å². The number of nitrogens with one attached hydrogen (secondary N) is 1. The van der Waals surface area contributed by atoms with Crippen LogP contribution in [-0.4, -0.2) is 23.4 Å². The zero-order valence-electron chi connectivity index (χ0n) is 13.6. The van der Waals surface area contributed by atoms with E-state index >= 15 is 0 Å². The van der Waals surface area contributed by atoms with E-state index in [2.05, 4.69) is 5.32 Å². The van der Waals surface area contributed by atoms with E-state index < -0.39 is 23.4 Å². The van der Waals surface area contributed by atoms with Crippen LogP contribution in [0.3, 0.4) is 0 Å². The number of para-hydroxylation sites is 1. The predicted molar refractivity (Wildman–Crippen MR) is 97.6 cm³/mol. The van der Waals surface area contributed by atoms with Gasteiger partial charge in [-0.2, -0.15) is 0 Å². The van der Waals surface area contributed by atoms with Gasteiger partial charge in [0, 0.05) is 16.1 Å². The summed E-state index contributed by atoms with van der Waals surface area (Å²) in [7, 11) is 0. The second-order valence-electron chi connectivity index (χ2n) is 5.35. The molecule has 9 heteroatoms. The number of aryl methyl sites for hydroxylation is 1. The molecule has 2 aromatic rings. The highest BCUT2D eigenvalue weighted by atomic mass is 35.5. The average Bonchev–Trinajstić information content (AvgIpc) is 2.57. The third-order valence-corrected chi connectivity index (χ3v) is 4.01. The highest BCUT2D eigenvalue weighted by Gasteiger charge is 2.18. The van der Waals surface area contributed by atoms with E-state index in [1.165, 1.54) is 18.2 Å². The highest BCUT2D eigenvalue weighted by molar-refractivity contribution is 6.35. The Kier molecular flexibility index (Phi) is 6.54.